The van der Waals surface area contributed by atoms with Gasteiger partial charge in [-0.3, -0.25) is 9.10 Å². The third-order valence-electron chi connectivity index (χ3n) is 5.90. The maximum Gasteiger partial charge on any atom is 0.338 e. The van der Waals surface area contributed by atoms with Gasteiger partial charge in [0.1, 0.15) is 0 Å². The lowest BCUT2D eigenvalue weighted by molar-refractivity contribution is 0.0526. The van der Waals surface area contributed by atoms with Crippen LogP contribution in [0.5, 0.6) is 0 Å². The lowest BCUT2D eigenvalue weighted by Crippen LogP contribution is -2.32. The van der Waals surface area contributed by atoms with Crippen molar-refractivity contribution >= 4 is 44.9 Å². The molecule has 1 N–H and O–H groups in total. The van der Waals surface area contributed by atoms with E-state index < -0.39 is 21.9 Å². The number of benzene rings is 4. The number of para-hydroxylation sites is 1. The van der Waals surface area contributed by atoms with Gasteiger partial charge in [0, 0.05) is 10.7 Å². The first-order valence-electron chi connectivity index (χ1n) is 12.2. The third-order valence-corrected chi connectivity index (χ3v) is 7.92. The Balaban J connectivity index is 1.74. The summed E-state index contributed by atoms with van der Waals surface area (Å²) in [5.74, 6) is -1.04. The van der Waals surface area contributed by atoms with Gasteiger partial charge in [-0.2, -0.15) is 0 Å². The predicted octanol–water partition coefficient (Wildman–Crippen LogP) is 6.47. The number of halogens is 1. The third kappa shape index (κ3) is 6.66. The van der Waals surface area contributed by atoms with Crippen molar-refractivity contribution in [2.75, 3.05) is 16.2 Å². The Morgan fingerprint density at radius 3 is 2.28 bits per heavy atom. The summed E-state index contributed by atoms with van der Waals surface area (Å²) in [6, 6.07) is 26.2. The van der Waals surface area contributed by atoms with Crippen LogP contribution in [0.3, 0.4) is 0 Å². The first kappa shape index (κ1) is 27.9. The van der Waals surface area contributed by atoms with Crippen LogP contribution in [0.15, 0.2) is 102 Å². The molecule has 9 heteroatoms. The maximum atomic E-state index is 13.9. The highest BCUT2D eigenvalue weighted by Crippen LogP contribution is 2.30. The van der Waals surface area contributed by atoms with Crippen molar-refractivity contribution in [1.82, 2.24) is 0 Å². The van der Waals surface area contributed by atoms with Crippen molar-refractivity contribution in [3.05, 3.63) is 124 Å². The predicted molar refractivity (Wildman–Crippen MR) is 153 cm³/mol. The number of hydrogen-bond donors (Lipinski definition) is 1. The van der Waals surface area contributed by atoms with Crippen molar-refractivity contribution in [2.24, 2.45) is 0 Å². The molecule has 4 rings (SSSR count). The summed E-state index contributed by atoms with van der Waals surface area (Å²) in [4.78, 5) is 25.7. The van der Waals surface area contributed by atoms with Crippen molar-refractivity contribution in [2.45, 2.75) is 25.3 Å². The molecule has 0 aliphatic carbocycles. The fourth-order valence-electron chi connectivity index (χ4n) is 3.91. The van der Waals surface area contributed by atoms with Crippen LogP contribution < -0.4 is 9.62 Å². The number of sulfonamides is 1. The Morgan fingerprint density at radius 2 is 1.59 bits per heavy atom. The number of rotatable bonds is 9. The summed E-state index contributed by atoms with van der Waals surface area (Å²) in [6.45, 7) is 3.77. The summed E-state index contributed by atoms with van der Waals surface area (Å²) >= 11 is 6.04. The summed E-state index contributed by atoms with van der Waals surface area (Å²) in [5.41, 5.74) is 2.60. The zero-order valence-electron chi connectivity index (χ0n) is 21.4. The summed E-state index contributed by atoms with van der Waals surface area (Å²) in [7, 11) is -4.07. The Hall–Kier alpha value is -4.14. The van der Waals surface area contributed by atoms with Crippen LogP contribution in [0.4, 0.5) is 11.4 Å². The molecule has 0 heterocycles. The van der Waals surface area contributed by atoms with Crippen molar-refractivity contribution in [3.8, 4) is 0 Å². The normalized spacial score (nSPS) is 11.1. The van der Waals surface area contributed by atoms with E-state index in [-0.39, 0.29) is 34.9 Å². The molecule has 0 atom stereocenters. The van der Waals surface area contributed by atoms with E-state index in [9.17, 15) is 18.0 Å². The zero-order valence-corrected chi connectivity index (χ0v) is 23.0. The number of esters is 1. The Kier molecular flexibility index (Phi) is 8.69. The number of hydrogen-bond acceptors (Lipinski definition) is 5. The second-order valence-corrected chi connectivity index (χ2v) is 11.0. The van der Waals surface area contributed by atoms with Gasteiger partial charge >= 0.3 is 5.97 Å². The average Bonchev–Trinajstić information content (AvgIpc) is 2.93. The first-order valence-corrected chi connectivity index (χ1v) is 14.0. The number of carbonyl (C=O) groups is 2. The fraction of sp³-hybridized carbons (Fsp3) is 0.133. The molecule has 0 unspecified atom stereocenters. The summed E-state index contributed by atoms with van der Waals surface area (Å²) in [5, 5.41) is 3.30. The molecule has 1 amide bonds. The van der Waals surface area contributed by atoms with Crippen molar-refractivity contribution in [3.63, 3.8) is 0 Å². The number of amides is 1. The Labute approximate surface area is 233 Å². The molecule has 0 radical (unpaired) electrons. The van der Waals surface area contributed by atoms with Gasteiger partial charge in [0.25, 0.3) is 15.9 Å². The SMILES string of the molecule is CCOC(=O)c1cccc(NC(=O)c2ccccc2N(Cc2ccc(Cl)cc2)S(=O)(=O)c2ccc(C)cc2)c1. The molecule has 7 nitrogen and oxygen atoms in total. The zero-order chi connectivity index (χ0) is 28.0. The van der Waals surface area contributed by atoms with E-state index in [1.807, 2.05) is 6.92 Å². The van der Waals surface area contributed by atoms with Crippen LogP contribution in [-0.4, -0.2) is 26.9 Å². The van der Waals surface area contributed by atoms with E-state index in [0.717, 1.165) is 5.56 Å². The number of nitrogens with zero attached hydrogens (tertiary/aromatic N) is 1. The Morgan fingerprint density at radius 1 is 0.897 bits per heavy atom. The quantitative estimate of drug-likeness (QED) is 0.236. The summed E-state index contributed by atoms with van der Waals surface area (Å²) < 4.78 is 34.1. The van der Waals surface area contributed by atoms with E-state index in [1.54, 1.807) is 97.9 Å². The minimum Gasteiger partial charge on any atom is -0.462 e. The molecule has 0 saturated heterocycles. The van der Waals surface area contributed by atoms with Gasteiger partial charge in [0.2, 0.25) is 0 Å². The van der Waals surface area contributed by atoms with Crippen LogP contribution >= 0.6 is 11.6 Å². The van der Waals surface area contributed by atoms with Crippen LogP contribution in [-0.2, 0) is 21.3 Å². The molecule has 0 aliphatic rings. The molecule has 4 aromatic carbocycles. The summed E-state index contributed by atoms with van der Waals surface area (Å²) in [6.07, 6.45) is 0. The highest BCUT2D eigenvalue weighted by Gasteiger charge is 2.28. The number of nitrogens with one attached hydrogen (secondary N) is 1. The molecule has 4 aromatic rings. The minimum atomic E-state index is -4.07. The van der Waals surface area contributed by atoms with Gasteiger partial charge in [0.05, 0.1) is 34.9 Å². The molecule has 0 fully saturated rings. The van der Waals surface area contributed by atoms with Crippen molar-refractivity contribution < 1.29 is 22.7 Å². The van der Waals surface area contributed by atoms with Gasteiger partial charge in [-0.05, 0) is 74.0 Å². The lowest BCUT2D eigenvalue weighted by Gasteiger charge is -2.27. The standard InChI is InChI=1S/C30H27ClN2O5S/c1-3-38-30(35)23-7-6-8-25(19-23)32-29(34)27-9-4-5-10-28(27)33(20-22-13-15-24(31)16-14-22)39(36,37)26-17-11-21(2)12-18-26/h4-19H,3,20H2,1-2H3,(H,32,34). The number of anilines is 2. The molecule has 200 valence electrons. The van der Waals surface area contributed by atoms with Crippen LogP contribution in [0.1, 0.15) is 38.8 Å². The van der Waals surface area contributed by atoms with Crippen LogP contribution in [0.25, 0.3) is 0 Å². The van der Waals surface area contributed by atoms with E-state index in [2.05, 4.69) is 5.32 Å². The molecular weight excluding hydrogens is 536 g/mol. The second kappa shape index (κ2) is 12.1. The van der Waals surface area contributed by atoms with Gasteiger partial charge in [-0.15, -0.1) is 0 Å². The van der Waals surface area contributed by atoms with Crippen LogP contribution in [0.2, 0.25) is 5.02 Å². The van der Waals surface area contributed by atoms with E-state index >= 15 is 0 Å². The monoisotopic (exact) mass is 562 g/mol. The fourth-order valence-corrected chi connectivity index (χ4v) is 5.51. The largest absolute Gasteiger partial charge is 0.462 e. The molecule has 0 saturated carbocycles. The number of aryl methyl sites for hydroxylation is 1. The smallest absolute Gasteiger partial charge is 0.338 e. The van der Waals surface area contributed by atoms with Gasteiger partial charge < -0.3 is 10.1 Å². The average molecular weight is 563 g/mol. The first-order chi connectivity index (χ1) is 18.7. The Bertz CT molecular complexity index is 1590. The topological polar surface area (TPSA) is 92.8 Å². The molecular formula is C30H27ClN2O5S. The van der Waals surface area contributed by atoms with E-state index in [4.69, 9.17) is 16.3 Å². The number of ether oxygens (including phenoxy) is 1. The maximum absolute atomic E-state index is 13.9. The minimum absolute atomic E-state index is 0.0317. The van der Waals surface area contributed by atoms with E-state index in [0.29, 0.717) is 16.3 Å². The molecule has 39 heavy (non-hydrogen) atoms. The second-order valence-electron chi connectivity index (χ2n) is 8.72. The van der Waals surface area contributed by atoms with Gasteiger partial charge in [-0.25, -0.2) is 13.2 Å². The number of carbonyl (C=O) groups excluding carboxylic acids is 2. The van der Waals surface area contributed by atoms with Crippen molar-refractivity contribution in [1.29, 1.82) is 0 Å². The van der Waals surface area contributed by atoms with E-state index in [1.165, 1.54) is 10.4 Å². The lowest BCUT2D eigenvalue weighted by atomic mass is 10.1. The molecule has 0 aromatic heterocycles. The van der Waals surface area contributed by atoms with Gasteiger partial charge in [0.15, 0.2) is 0 Å². The molecule has 0 spiro atoms. The molecule has 0 aliphatic heterocycles. The van der Waals surface area contributed by atoms with Gasteiger partial charge in [-0.1, -0.05) is 59.6 Å². The van der Waals surface area contributed by atoms with Crippen LogP contribution in [0, 0.1) is 6.92 Å². The highest BCUT2D eigenvalue weighted by atomic mass is 35.5. The molecule has 0 bridgehead atoms. The highest BCUT2D eigenvalue weighted by molar-refractivity contribution is 7.92.